The van der Waals surface area contributed by atoms with Crippen LogP contribution < -0.4 is 11.1 Å². The van der Waals surface area contributed by atoms with Crippen LogP contribution in [0.15, 0.2) is 18.2 Å². The Bertz CT molecular complexity index is 514. The predicted molar refractivity (Wildman–Crippen MR) is 57.5 cm³/mol. The van der Waals surface area contributed by atoms with E-state index in [0.29, 0.717) is 12.1 Å². The zero-order chi connectivity index (χ0) is 14.8. The van der Waals surface area contributed by atoms with Crippen LogP contribution in [0, 0.1) is 5.82 Å². The molecular weight excluding hydrogens is 268 g/mol. The van der Waals surface area contributed by atoms with E-state index in [2.05, 4.69) is 5.32 Å². The van der Waals surface area contributed by atoms with Gasteiger partial charge in [-0.2, -0.15) is 13.2 Å². The van der Waals surface area contributed by atoms with E-state index in [0.717, 1.165) is 0 Å². The quantitative estimate of drug-likeness (QED) is 0.821. The van der Waals surface area contributed by atoms with Gasteiger partial charge in [0.05, 0.1) is 5.56 Å². The molecule has 104 valence electrons. The molecule has 2 amide bonds. The molecule has 0 radical (unpaired) electrons. The summed E-state index contributed by atoms with van der Waals surface area (Å²) in [5.41, 5.74) is 3.05. The average Bonchev–Trinajstić information content (AvgIpc) is 2.26. The molecule has 1 rings (SSSR count). The second-order valence-corrected chi connectivity index (χ2v) is 3.82. The minimum Gasteiger partial charge on any atom is -0.368 e. The molecule has 3 N–H and O–H groups in total. The molecule has 0 aliphatic heterocycles. The molecular formula is C11H10F4N2O2. The molecule has 4 nitrogen and oxygen atoms in total. The first-order chi connectivity index (χ1) is 8.61. The number of carbonyl (C=O) groups is 2. The summed E-state index contributed by atoms with van der Waals surface area (Å²) in [6.45, 7) is 1.25. The summed E-state index contributed by atoms with van der Waals surface area (Å²) in [5.74, 6) is -3.08. The van der Waals surface area contributed by atoms with E-state index in [4.69, 9.17) is 5.73 Å². The van der Waals surface area contributed by atoms with Crippen molar-refractivity contribution in [2.24, 2.45) is 5.73 Å². The van der Waals surface area contributed by atoms with E-state index in [9.17, 15) is 27.2 Å². The third kappa shape index (κ3) is 3.94. The van der Waals surface area contributed by atoms with E-state index in [-0.39, 0.29) is 6.07 Å². The summed E-state index contributed by atoms with van der Waals surface area (Å²) < 4.78 is 50.3. The fourth-order valence-electron chi connectivity index (χ4n) is 1.24. The molecule has 1 atom stereocenters. The first kappa shape index (κ1) is 14.9. The lowest BCUT2D eigenvalue weighted by atomic mass is 10.1. The van der Waals surface area contributed by atoms with Crippen LogP contribution in [-0.2, 0) is 11.0 Å². The van der Waals surface area contributed by atoms with E-state index < -0.39 is 41.0 Å². The van der Waals surface area contributed by atoms with E-state index in [1.165, 1.54) is 6.92 Å². The number of hydrogen-bond acceptors (Lipinski definition) is 2. The standard InChI is InChI=1S/C11H10F4N2O2/c1-5(9(16)18)17-10(19)6-2-7(11(13,14)15)4-8(12)3-6/h2-5H,1H3,(H2,16,18)(H,17,19)/t5-/m0/s1. The first-order valence-corrected chi connectivity index (χ1v) is 5.09. The third-order valence-electron chi connectivity index (χ3n) is 2.26. The summed E-state index contributed by atoms with van der Waals surface area (Å²) >= 11 is 0. The number of halogens is 4. The van der Waals surface area contributed by atoms with Crippen molar-refractivity contribution in [3.05, 3.63) is 35.1 Å². The highest BCUT2D eigenvalue weighted by molar-refractivity contribution is 5.97. The van der Waals surface area contributed by atoms with Crippen LogP contribution in [0.1, 0.15) is 22.8 Å². The molecule has 1 aromatic rings. The SMILES string of the molecule is C[C@H](NC(=O)c1cc(F)cc(C(F)(F)F)c1)C(N)=O. The van der Waals surface area contributed by atoms with Gasteiger partial charge in [0.1, 0.15) is 11.9 Å². The molecule has 0 aliphatic rings. The summed E-state index contributed by atoms with van der Waals surface area (Å²) in [6, 6.07) is 0.323. The monoisotopic (exact) mass is 278 g/mol. The van der Waals surface area contributed by atoms with Gasteiger partial charge in [0.25, 0.3) is 5.91 Å². The van der Waals surface area contributed by atoms with Crippen molar-refractivity contribution < 1.29 is 27.2 Å². The van der Waals surface area contributed by atoms with Crippen molar-refractivity contribution in [1.29, 1.82) is 0 Å². The zero-order valence-electron chi connectivity index (χ0n) is 9.72. The minimum absolute atomic E-state index is 0.272. The Morgan fingerprint density at radius 2 is 1.84 bits per heavy atom. The van der Waals surface area contributed by atoms with Crippen LogP contribution >= 0.6 is 0 Å². The van der Waals surface area contributed by atoms with E-state index in [1.54, 1.807) is 0 Å². The fourth-order valence-corrected chi connectivity index (χ4v) is 1.24. The van der Waals surface area contributed by atoms with Gasteiger partial charge in [0, 0.05) is 5.56 Å². The number of nitrogens with one attached hydrogen (secondary N) is 1. The summed E-state index contributed by atoms with van der Waals surface area (Å²) in [6.07, 6.45) is -4.77. The maximum absolute atomic E-state index is 13.0. The average molecular weight is 278 g/mol. The van der Waals surface area contributed by atoms with E-state index >= 15 is 0 Å². The van der Waals surface area contributed by atoms with Gasteiger partial charge in [-0.3, -0.25) is 9.59 Å². The molecule has 19 heavy (non-hydrogen) atoms. The van der Waals surface area contributed by atoms with Gasteiger partial charge in [0.15, 0.2) is 0 Å². The smallest absolute Gasteiger partial charge is 0.368 e. The Balaban J connectivity index is 3.04. The number of amides is 2. The van der Waals surface area contributed by atoms with Crippen molar-refractivity contribution in [2.75, 3.05) is 0 Å². The molecule has 1 aromatic carbocycles. The van der Waals surface area contributed by atoms with Gasteiger partial charge in [0.2, 0.25) is 5.91 Å². The fraction of sp³-hybridized carbons (Fsp3) is 0.273. The Morgan fingerprint density at radius 1 is 1.26 bits per heavy atom. The summed E-state index contributed by atoms with van der Waals surface area (Å²) in [5, 5.41) is 2.05. The molecule has 0 aliphatic carbocycles. The van der Waals surface area contributed by atoms with Gasteiger partial charge in [-0.1, -0.05) is 0 Å². The molecule has 0 heterocycles. The zero-order valence-corrected chi connectivity index (χ0v) is 9.72. The second-order valence-electron chi connectivity index (χ2n) is 3.82. The normalized spacial score (nSPS) is 12.9. The van der Waals surface area contributed by atoms with Crippen LogP contribution in [0.5, 0.6) is 0 Å². The lowest BCUT2D eigenvalue weighted by Gasteiger charge is -2.12. The van der Waals surface area contributed by atoms with Gasteiger partial charge < -0.3 is 11.1 Å². The third-order valence-corrected chi connectivity index (χ3v) is 2.26. The van der Waals surface area contributed by atoms with Crippen molar-refractivity contribution in [3.8, 4) is 0 Å². The first-order valence-electron chi connectivity index (χ1n) is 5.09. The Labute approximate surface area is 105 Å². The highest BCUT2D eigenvalue weighted by Crippen LogP contribution is 2.30. The number of alkyl halides is 3. The summed E-state index contributed by atoms with van der Waals surface area (Å²) in [4.78, 5) is 22.3. The minimum atomic E-state index is -4.77. The molecule has 0 bridgehead atoms. The number of benzene rings is 1. The van der Waals surface area contributed by atoms with E-state index in [1.807, 2.05) is 0 Å². The molecule has 0 fully saturated rings. The predicted octanol–water partition coefficient (Wildman–Crippen LogP) is 1.45. The van der Waals surface area contributed by atoms with Crippen LogP contribution in [0.3, 0.4) is 0 Å². The number of nitrogens with two attached hydrogens (primary N) is 1. The van der Waals surface area contributed by atoms with Crippen LogP contribution in [0.2, 0.25) is 0 Å². The van der Waals surface area contributed by atoms with Gasteiger partial charge in [-0.25, -0.2) is 4.39 Å². The van der Waals surface area contributed by atoms with Crippen LogP contribution in [0.25, 0.3) is 0 Å². The molecule has 0 aromatic heterocycles. The molecule has 0 saturated heterocycles. The Morgan fingerprint density at radius 3 is 2.32 bits per heavy atom. The number of hydrogen-bond donors (Lipinski definition) is 2. The summed E-state index contributed by atoms with van der Waals surface area (Å²) in [7, 11) is 0. The van der Waals surface area contributed by atoms with Gasteiger partial charge in [-0.15, -0.1) is 0 Å². The maximum atomic E-state index is 13.0. The largest absolute Gasteiger partial charge is 0.416 e. The number of carbonyl (C=O) groups excluding carboxylic acids is 2. The number of rotatable bonds is 3. The lowest BCUT2D eigenvalue weighted by Crippen LogP contribution is -2.42. The van der Waals surface area contributed by atoms with Gasteiger partial charge in [-0.05, 0) is 25.1 Å². The van der Waals surface area contributed by atoms with Crippen molar-refractivity contribution in [1.82, 2.24) is 5.32 Å². The Kier molecular flexibility index (Phi) is 4.13. The lowest BCUT2D eigenvalue weighted by molar-refractivity contribution is -0.137. The Hall–Kier alpha value is -2.12. The molecule has 0 spiro atoms. The van der Waals surface area contributed by atoms with Crippen molar-refractivity contribution in [2.45, 2.75) is 19.1 Å². The van der Waals surface area contributed by atoms with Crippen molar-refractivity contribution >= 4 is 11.8 Å². The van der Waals surface area contributed by atoms with Crippen LogP contribution in [-0.4, -0.2) is 17.9 Å². The number of primary amides is 1. The van der Waals surface area contributed by atoms with Gasteiger partial charge >= 0.3 is 6.18 Å². The molecule has 8 heteroatoms. The second kappa shape index (κ2) is 5.25. The van der Waals surface area contributed by atoms with Crippen LogP contribution in [0.4, 0.5) is 17.6 Å². The maximum Gasteiger partial charge on any atom is 0.416 e. The molecule has 0 unspecified atom stereocenters. The topological polar surface area (TPSA) is 72.2 Å². The highest BCUT2D eigenvalue weighted by atomic mass is 19.4. The highest BCUT2D eigenvalue weighted by Gasteiger charge is 2.32. The molecule has 0 saturated carbocycles. The van der Waals surface area contributed by atoms with Crippen molar-refractivity contribution in [3.63, 3.8) is 0 Å².